The summed E-state index contributed by atoms with van der Waals surface area (Å²) in [6.07, 6.45) is 11.1. The average Bonchev–Trinajstić information content (AvgIpc) is 2.67. The Morgan fingerprint density at radius 1 is 1.00 bits per heavy atom. The Balaban J connectivity index is 1.85. The van der Waals surface area contributed by atoms with Crippen molar-refractivity contribution in [1.82, 2.24) is 0 Å². The lowest BCUT2D eigenvalue weighted by molar-refractivity contribution is -0.238. The van der Waals surface area contributed by atoms with Crippen LogP contribution in [-0.2, 0) is 19.1 Å². The molecular formula is C27H40O4. The van der Waals surface area contributed by atoms with Gasteiger partial charge in [0.1, 0.15) is 18.7 Å². The number of ether oxygens (including phenoxy) is 1. The fourth-order valence-corrected chi connectivity index (χ4v) is 9.45. The molecule has 4 rings (SSSR count). The van der Waals surface area contributed by atoms with E-state index in [-0.39, 0.29) is 28.8 Å². The summed E-state index contributed by atoms with van der Waals surface area (Å²) in [5, 5.41) is 0. The SMILES string of the molecule is CC(=O)O[C@H]1CC2[C@@]3(C)CCCC(C)(C)C3CC[C@@]2(C)C2CC=C(C=O)[C@H](C=O)[C@]21C. The Morgan fingerprint density at radius 3 is 2.29 bits per heavy atom. The molecule has 0 spiro atoms. The first-order valence-corrected chi connectivity index (χ1v) is 12.2. The molecule has 0 saturated heterocycles. The van der Waals surface area contributed by atoms with Crippen molar-refractivity contribution in [3.05, 3.63) is 11.6 Å². The van der Waals surface area contributed by atoms with Crippen LogP contribution in [0.3, 0.4) is 0 Å². The van der Waals surface area contributed by atoms with Crippen LogP contribution in [-0.4, -0.2) is 24.6 Å². The van der Waals surface area contributed by atoms with E-state index in [4.69, 9.17) is 4.74 Å². The normalized spacial score (nSPS) is 48.3. The van der Waals surface area contributed by atoms with Gasteiger partial charge >= 0.3 is 5.97 Å². The number of allylic oxidation sites excluding steroid dienone is 2. The lowest BCUT2D eigenvalue weighted by Crippen LogP contribution is -2.67. The van der Waals surface area contributed by atoms with Crippen LogP contribution < -0.4 is 0 Å². The molecule has 0 aromatic rings. The number of carbonyl (C=O) groups excluding carboxylic acids is 3. The maximum atomic E-state index is 12.3. The number of carbonyl (C=O) groups is 3. The Hall–Kier alpha value is -1.45. The number of fused-ring (bicyclic) bond motifs is 5. The lowest BCUT2D eigenvalue weighted by atomic mass is 9.35. The highest BCUT2D eigenvalue weighted by molar-refractivity contribution is 5.82. The van der Waals surface area contributed by atoms with Crippen LogP contribution in [0.4, 0.5) is 0 Å². The van der Waals surface area contributed by atoms with Gasteiger partial charge in [0.05, 0.1) is 5.92 Å². The van der Waals surface area contributed by atoms with Gasteiger partial charge in [0, 0.05) is 12.3 Å². The number of hydrogen-bond acceptors (Lipinski definition) is 4. The van der Waals surface area contributed by atoms with Gasteiger partial charge in [0.2, 0.25) is 0 Å². The van der Waals surface area contributed by atoms with E-state index in [0.717, 1.165) is 31.8 Å². The van der Waals surface area contributed by atoms with Crippen molar-refractivity contribution in [2.24, 2.45) is 45.3 Å². The molecule has 4 aliphatic rings. The van der Waals surface area contributed by atoms with E-state index in [1.54, 1.807) is 0 Å². The standard InChI is InChI=1S/C27H40O4/c1-17(30)31-23-14-22-25(4)12-7-11-24(2,3)20(25)10-13-26(22,5)21-9-8-18(15-28)19(16-29)27(21,23)6/h8,15-16,19-23H,7,9-14H2,1-6H3/t19-,20?,21?,22?,23-,25-,26-,27+/m0/s1. The molecule has 3 unspecified atom stereocenters. The summed E-state index contributed by atoms with van der Waals surface area (Å²) in [4.78, 5) is 36.3. The second-order valence-corrected chi connectivity index (χ2v) is 12.4. The zero-order valence-electron chi connectivity index (χ0n) is 20.2. The second-order valence-electron chi connectivity index (χ2n) is 12.4. The topological polar surface area (TPSA) is 60.4 Å². The molecule has 0 aromatic carbocycles. The zero-order valence-corrected chi connectivity index (χ0v) is 20.2. The predicted octanol–water partition coefficient (Wildman–Crippen LogP) is 5.54. The summed E-state index contributed by atoms with van der Waals surface area (Å²) in [5.74, 6) is 0.519. The van der Waals surface area contributed by atoms with Crippen LogP contribution in [0.2, 0.25) is 0 Å². The molecule has 4 aliphatic carbocycles. The van der Waals surface area contributed by atoms with Crippen molar-refractivity contribution in [2.75, 3.05) is 0 Å². The largest absolute Gasteiger partial charge is 0.462 e. The molecule has 8 atom stereocenters. The minimum Gasteiger partial charge on any atom is -0.462 e. The fraction of sp³-hybridized carbons (Fsp3) is 0.815. The first kappa shape index (κ1) is 22.7. The van der Waals surface area contributed by atoms with Crippen molar-refractivity contribution in [3.63, 3.8) is 0 Å². The zero-order chi connectivity index (χ0) is 22.8. The van der Waals surface area contributed by atoms with Gasteiger partial charge in [-0.2, -0.15) is 0 Å². The molecule has 0 N–H and O–H groups in total. The van der Waals surface area contributed by atoms with Crippen LogP contribution >= 0.6 is 0 Å². The first-order chi connectivity index (χ1) is 14.4. The summed E-state index contributed by atoms with van der Waals surface area (Å²) in [5.41, 5.74) is 0.619. The van der Waals surface area contributed by atoms with Crippen LogP contribution in [0.5, 0.6) is 0 Å². The number of esters is 1. The molecule has 172 valence electrons. The maximum absolute atomic E-state index is 12.3. The fourth-order valence-electron chi connectivity index (χ4n) is 9.45. The van der Waals surface area contributed by atoms with E-state index in [9.17, 15) is 14.4 Å². The average molecular weight is 429 g/mol. The van der Waals surface area contributed by atoms with Crippen molar-refractivity contribution in [3.8, 4) is 0 Å². The van der Waals surface area contributed by atoms with Crippen molar-refractivity contribution >= 4 is 18.5 Å². The summed E-state index contributed by atoms with van der Waals surface area (Å²) in [6, 6.07) is 0. The van der Waals surface area contributed by atoms with E-state index < -0.39 is 11.3 Å². The van der Waals surface area contributed by atoms with E-state index in [1.807, 2.05) is 6.08 Å². The Labute approximate surface area is 187 Å². The van der Waals surface area contributed by atoms with E-state index in [1.165, 1.54) is 32.6 Å². The summed E-state index contributed by atoms with van der Waals surface area (Å²) in [6.45, 7) is 13.4. The molecule has 0 aromatic heterocycles. The molecule has 0 bridgehead atoms. The van der Waals surface area contributed by atoms with Crippen LogP contribution in [0.15, 0.2) is 11.6 Å². The smallest absolute Gasteiger partial charge is 0.302 e. The lowest BCUT2D eigenvalue weighted by Gasteiger charge is -2.70. The summed E-state index contributed by atoms with van der Waals surface area (Å²) in [7, 11) is 0. The Morgan fingerprint density at radius 2 is 1.68 bits per heavy atom. The van der Waals surface area contributed by atoms with Gasteiger partial charge in [0.25, 0.3) is 0 Å². The van der Waals surface area contributed by atoms with E-state index in [2.05, 4.69) is 34.6 Å². The maximum Gasteiger partial charge on any atom is 0.302 e. The second kappa shape index (κ2) is 7.28. The predicted molar refractivity (Wildman–Crippen MR) is 120 cm³/mol. The third-order valence-electron chi connectivity index (χ3n) is 10.7. The molecule has 4 heteroatoms. The van der Waals surface area contributed by atoms with Crippen LogP contribution in [0, 0.1) is 45.3 Å². The number of hydrogen-bond donors (Lipinski definition) is 0. The summed E-state index contributed by atoms with van der Waals surface area (Å²) < 4.78 is 6.02. The molecule has 0 radical (unpaired) electrons. The Kier molecular flexibility index (Phi) is 5.34. The van der Waals surface area contributed by atoms with Gasteiger partial charge in [-0.1, -0.05) is 47.1 Å². The monoisotopic (exact) mass is 428 g/mol. The molecular weight excluding hydrogens is 388 g/mol. The third-order valence-corrected chi connectivity index (χ3v) is 10.7. The molecule has 0 amide bonds. The third kappa shape index (κ3) is 3.03. The highest BCUT2D eigenvalue weighted by Gasteiger charge is 2.68. The van der Waals surface area contributed by atoms with Crippen molar-refractivity contribution in [1.29, 1.82) is 0 Å². The van der Waals surface area contributed by atoms with Crippen molar-refractivity contribution < 1.29 is 19.1 Å². The molecule has 0 heterocycles. The number of rotatable bonds is 3. The molecule has 3 saturated carbocycles. The van der Waals surface area contributed by atoms with Gasteiger partial charge in [-0.15, -0.1) is 0 Å². The van der Waals surface area contributed by atoms with E-state index >= 15 is 0 Å². The molecule has 4 nitrogen and oxygen atoms in total. The van der Waals surface area contributed by atoms with Gasteiger partial charge in [0.15, 0.2) is 0 Å². The minimum atomic E-state index is -0.545. The van der Waals surface area contributed by atoms with Gasteiger partial charge < -0.3 is 9.53 Å². The van der Waals surface area contributed by atoms with Crippen molar-refractivity contribution in [2.45, 2.75) is 92.6 Å². The summed E-state index contributed by atoms with van der Waals surface area (Å²) >= 11 is 0. The first-order valence-electron chi connectivity index (χ1n) is 12.2. The quantitative estimate of drug-likeness (QED) is 0.437. The highest BCUT2D eigenvalue weighted by Crippen LogP contribution is 2.73. The Bertz CT molecular complexity index is 812. The minimum absolute atomic E-state index is 0.0657. The molecule has 3 fully saturated rings. The van der Waals surface area contributed by atoms with Gasteiger partial charge in [-0.3, -0.25) is 9.59 Å². The van der Waals surface area contributed by atoms with E-state index in [0.29, 0.717) is 22.8 Å². The van der Waals surface area contributed by atoms with Crippen LogP contribution in [0.25, 0.3) is 0 Å². The molecule has 31 heavy (non-hydrogen) atoms. The van der Waals surface area contributed by atoms with Crippen LogP contribution in [0.1, 0.15) is 86.5 Å². The molecule has 0 aliphatic heterocycles. The number of aldehydes is 2. The van der Waals surface area contributed by atoms with Gasteiger partial charge in [-0.05, 0) is 78.1 Å². The highest BCUT2D eigenvalue weighted by atomic mass is 16.5. The van der Waals surface area contributed by atoms with Gasteiger partial charge in [-0.25, -0.2) is 0 Å².